The average Bonchev–Trinajstić information content (AvgIpc) is 2.82. The molecule has 4 nitrogen and oxygen atoms in total. The normalized spacial score (nSPS) is 36.4. The fourth-order valence-electron chi connectivity index (χ4n) is 6.07. The molecule has 2 saturated carbocycles. The molecule has 0 heterocycles. The first-order valence-electron chi connectivity index (χ1n) is 9.38. The number of esters is 1. The molecule has 0 saturated heterocycles. The Morgan fingerprint density at radius 3 is 2.22 bits per heavy atom. The zero-order valence-corrected chi connectivity index (χ0v) is 15.9. The van der Waals surface area contributed by atoms with Gasteiger partial charge in [-0.2, -0.15) is 0 Å². The summed E-state index contributed by atoms with van der Waals surface area (Å²) in [7, 11) is 0. The van der Waals surface area contributed by atoms with E-state index in [9.17, 15) is 4.79 Å². The minimum atomic E-state index is -0.239. The van der Waals surface area contributed by atoms with Crippen LogP contribution in [0.15, 0.2) is 0 Å². The number of hydrogen-bond donors (Lipinski definition) is 1. The Labute approximate surface area is 142 Å². The van der Waals surface area contributed by atoms with Gasteiger partial charge < -0.3 is 10.5 Å². The molecule has 0 aliphatic heterocycles. The smallest absolute Gasteiger partial charge is 0.312 e. The summed E-state index contributed by atoms with van der Waals surface area (Å²) in [4.78, 5) is 15.3. The van der Waals surface area contributed by atoms with Crippen LogP contribution in [0.2, 0.25) is 0 Å². The zero-order valence-electron chi connectivity index (χ0n) is 15.9. The molecular weight excluding hydrogens is 288 g/mol. The number of rotatable bonds is 7. The lowest BCUT2D eigenvalue weighted by atomic mass is 9.57. The molecule has 23 heavy (non-hydrogen) atoms. The second-order valence-electron chi connectivity index (χ2n) is 8.13. The summed E-state index contributed by atoms with van der Waals surface area (Å²) in [6.07, 6.45) is 3.52. The van der Waals surface area contributed by atoms with Gasteiger partial charge in [0.2, 0.25) is 0 Å². The maximum Gasteiger partial charge on any atom is 0.312 e. The van der Waals surface area contributed by atoms with E-state index in [-0.39, 0.29) is 28.3 Å². The van der Waals surface area contributed by atoms with E-state index in [1.807, 2.05) is 6.92 Å². The fourth-order valence-corrected chi connectivity index (χ4v) is 6.07. The molecule has 2 rings (SSSR count). The van der Waals surface area contributed by atoms with E-state index in [4.69, 9.17) is 10.5 Å². The SMILES string of the molecule is CCOC(=O)C(CN)C1(N(CC)CC)CC2CCC1(C)C2(C)C. The highest BCUT2D eigenvalue weighted by atomic mass is 16.5. The Kier molecular flexibility index (Phi) is 5.18. The van der Waals surface area contributed by atoms with Gasteiger partial charge in [0.1, 0.15) is 0 Å². The van der Waals surface area contributed by atoms with Gasteiger partial charge in [-0.15, -0.1) is 0 Å². The van der Waals surface area contributed by atoms with Gasteiger partial charge in [-0.1, -0.05) is 34.6 Å². The van der Waals surface area contributed by atoms with Crippen molar-refractivity contribution in [1.82, 2.24) is 4.90 Å². The molecule has 0 amide bonds. The topological polar surface area (TPSA) is 55.6 Å². The highest BCUT2D eigenvalue weighted by Gasteiger charge is 2.72. The summed E-state index contributed by atoms with van der Waals surface area (Å²) in [6, 6.07) is 0. The largest absolute Gasteiger partial charge is 0.466 e. The van der Waals surface area contributed by atoms with Crippen molar-refractivity contribution in [2.24, 2.45) is 28.4 Å². The number of ether oxygens (including phenoxy) is 1. The van der Waals surface area contributed by atoms with Gasteiger partial charge in [-0.05, 0) is 56.0 Å². The molecule has 134 valence electrons. The van der Waals surface area contributed by atoms with Crippen LogP contribution in [-0.2, 0) is 9.53 Å². The van der Waals surface area contributed by atoms with Crippen LogP contribution in [0, 0.1) is 22.7 Å². The van der Waals surface area contributed by atoms with Crippen LogP contribution in [0.25, 0.3) is 0 Å². The standard InChI is InChI=1S/C19H36N2O2/c1-7-21(8-2)19(15(13-20)16(22)23-9-3)12-14-10-11-18(19,6)17(14,4)5/h14-15H,7-13,20H2,1-6H3. The fraction of sp³-hybridized carbons (Fsp3) is 0.947. The van der Waals surface area contributed by atoms with E-state index in [0.717, 1.165) is 19.5 Å². The lowest BCUT2D eigenvalue weighted by Crippen LogP contribution is -2.66. The van der Waals surface area contributed by atoms with E-state index >= 15 is 0 Å². The maximum absolute atomic E-state index is 12.8. The lowest BCUT2D eigenvalue weighted by molar-refractivity contribution is -0.162. The molecular formula is C19H36N2O2. The molecule has 2 N–H and O–H groups in total. The third-order valence-corrected chi connectivity index (χ3v) is 7.66. The third kappa shape index (κ3) is 2.28. The van der Waals surface area contributed by atoms with Gasteiger partial charge in [0.05, 0.1) is 12.5 Å². The van der Waals surface area contributed by atoms with Crippen LogP contribution in [-0.4, -0.2) is 42.6 Å². The van der Waals surface area contributed by atoms with Crippen LogP contribution in [0.1, 0.15) is 60.8 Å². The first-order valence-corrected chi connectivity index (χ1v) is 9.38. The van der Waals surface area contributed by atoms with Crippen LogP contribution >= 0.6 is 0 Å². The van der Waals surface area contributed by atoms with E-state index in [1.165, 1.54) is 12.8 Å². The van der Waals surface area contributed by atoms with Crippen molar-refractivity contribution in [2.75, 3.05) is 26.2 Å². The number of nitrogens with two attached hydrogens (primary N) is 1. The number of fused-ring (bicyclic) bond motifs is 2. The quantitative estimate of drug-likeness (QED) is 0.731. The zero-order chi connectivity index (χ0) is 17.5. The number of carbonyl (C=O) groups is 1. The highest BCUT2D eigenvalue weighted by Crippen LogP contribution is 2.72. The predicted octanol–water partition coefficient (Wildman–Crippen LogP) is 3.05. The molecule has 2 aliphatic rings. The molecule has 4 unspecified atom stereocenters. The van der Waals surface area contributed by atoms with Crippen molar-refractivity contribution >= 4 is 5.97 Å². The highest BCUT2D eigenvalue weighted by molar-refractivity contribution is 5.75. The third-order valence-electron chi connectivity index (χ3n) is 7.66. The summed E-state index contributed by atoms with van der Waals surface area (Å²) in [5, 5.41) is 0. The molecule has 0 aromatic rings. The van der Waals surface area contributed by atoms with Gasteiger partial charge >= 0.3 is 5.97 Å². The Bertz CT molecular complexity index is 447. The Hall–Kier alpha value is -0.610. The van der Waals surface area contributed by atoms with E-state index in [0.29, 0.717) is 19.1 Å². The van der Waals surface area contributed by atoms with Crippen molar-refractivity contribution in [3.63, 3.8) is 0 Å². The minimum Gasteiger partial charge on any atom is -0.466 e. The van der Waals surface area contributed by atoms with Gasteiger partial charge in [-0.3, -0.25) is 9.69 Å². The van der Waals surface area contributed by atoms with Gasteiger partial charge in [0, 0.05) is 12.1 Å². The van der Waals surface area contributed by atoms with Crippen molar-refractivity contribution in [3.8, 4) is 0 Å². The summed E-state index contributed by atoms with van der Waals surface area (Å²) < 4.78 is 5.45. The first-order chi connectivity index (χ1) is 10.8. The molecule has 2 aliphatic carbocycles. The predicted molar refractivity (Wildman–Crippen MR) is 94.1 cm³/mol. The van der Waals surface area contributed by atoms with Crippen molar-refractivity contribution in [2.45, 2.75) is 66.3 Å². The minimum absolute atomic E-state index is 0.0908. The first kappa shape index (κ1) is 18.7. The monoisotopic (exact) mass is 324 g/mol. The summed E-state index contributed by atoms with van der Waals surface area (Å²) in [5.74, 6) is 0.319. The summed E-state index contributed by atoms with van der Waals surface area (Å²) in [5.41, 5.74) is 6.31. The van der Waals surface area contributed by atoms with Gasteiger partial charge in [0.25, 0.3) is 0 Å². The molecule has 4 heteroatoms. The van der Waals surface area contributed by atoms with Crippen molar-refractivity contribution < 1.29 is 9.53 Å². The van der Waals surface area contributed by atoms with Gasteiger partial charge in [-0.25, -0.2) is 0 Å². The van der Waals surface area contributed by atoms with Crippen LogP contribution in [0.5, 0.6) is 0 Å². The number of nitrogens with zero attached hydrogens (tertiary/aromatic N) is 1. The molecule has 0 spiro atoms. The summed E-state index contributed by atoms with van der Waals surface area (Å²) >= 11 is 0. The molecule has 4 atom stereocenters. The molecule has 2 bridgehead atoms. The second-order valence-corrected chi connectivity index (χ2v) is 8.13. The van der Waals surface area contributed by atoms with Crippen molar-refractivity contribution in [3.05, 3.63) is 0 Å². The van der Waals surface area contributed by atoms with Crippen LogP contribution in [0.4, 0.5) is 0 Å². The number of hydrogen-bond acceptors (Lipinski definition) is 4. The van der Waals surface area contributed by atoms with E-state index in [1.54, 1.807) is 0 Å². The Balaban J connectivity index is 2.57. The second kappa shape index (κ2) is 6.36. The Morgan fingerprint density at radius 1 is 1.26 bits per heavy atom. The molecule has 0 aromatic heterocycles. The number of carbonyl (C=O) groups excluding carboxylic acids is 1. The molecule has 2 fully saturated rings. The lowest BCUT2D eigenvalue weighted by Gasteiger charge is -2.57. The van der Waals surface area contributed by atoms with E-state index < -0.39 is 0 Å². The van der Waals surface area contributed by atoms with Gasteiger partial charge in [0.15, 0.2) is 0 Å². The van der Waals surface area contributed by atoms with Crippen LogP contribution in [0.3, 0.4) is 0 Å². The van der Waals surface area contributed by atoms with Crippen LogP contribution < -0.4 is 5.73 Å². The van der Waals surface area contributed by atoms with E-state index in [2.05, 4.69) is 39.5 Å². The van der Waals surface area contributed by atoms with Crippen molar-refractivity contribution in [1.29, 1.82) is 0 Å². The summed E-state index contributed by atoms with van der Waals surface area (Å²) in [6.45, 7) is 16.2. The maximum atomic E-state index is 12.8. The Morgan fingerprint density at radius 2 is 1.87 bits per heavy atom. The molecule has 0 aromatic carbocycles. The average molecular weight is 325 g/mol. The molecule has 0 radical (unpaired) electrons.